The number of carbonyl (C=O) groups excluding carboxylic acids is 1. The van der Waals surface area contributed by atoms with E-state index < -0.39 is 0 Å². The summed E-state index contributed by atoms with van der Waals surface area (Å²) in [7, 11) is 4.04. The topological polar surface area (TPSA) is 54.3 Å². The number of amides is 1. The van der Waals surface area contributed by atoms with Crippen LogP contribution in [0.15, 0.2) is 67.3 Å². The summed E-state index contributed by atoms with van der Waals surface area (Å²) in [5, 5.41) is 4.41. The van der Waals surface area contributed by atoms with Crippen molar-refractivity contribution in [2.45, 2.75) is 19.4 Å². The van der Waals surface area contributed by atoms with Crippen LogP contribution in [0.5, 0.6) is 0 Å². The van der Waals surface area contributed by atoms with Crippen molar-refractivity contribution in [3.8, 4) is 5.69 Å². The summed E-state index contributed by atoms with van der Waals surface area (Å²) in [5.41, 5.74) is 3.13. The van der Waals surface area contributed by atoms with Crippen LogP contribution in [0.1, 0.15) is 17.5 Å². The first-order valence-corrected chi connectivity index (χ1v) is 9.52. The molecule has 6 heteroatoms. The lowest BCUT2D eigenvalue weighted by atomic mass is 10.1. The van der Waals surface area contributed by atoms with Crippen molar-refractivity contribution in [3.05, 3.63) is 78.4 Å². The van der Waals surface area contributed by atoms with Gasteiger partial charge in [0.2, 0.25) is 5.91 Å². The van der Waals surface area contributed by atoms with Gasteiger partial charge in [-0.05, 0) is 49.8 Å². The minimum Gasteiger partial charge on any atom is -0.337 e. The van der Waals surface area contributed by atoms with Gasteiger partial charge in [0.15, 0.2) is 0 Å². The van der Waals surface area contributed by atoms with Gasteiger partial charge in [-0.3, -0.25) is 9.78 Å². The summed E-state index contributed by atoms with van der Waals surface area (Å²) in [6.45, 7) is 2.12. The van der Waals surface area contributed by atoms with Crippen LogP contribution in [0.25, 0.3) is 5.69 Å². The molecule has 0 saturated heterocycles. The zero-order valence-corrected chi connectivity index (χ0v) is 16.5. The molecule has 0 unspecified atom stereocenters. The molecule has 0 N–H and O–H groups in total. The predicted molar refractivity (Wildman–Crippen MR) is 110 cm³/mol. The molecule has 0 saturated carbocycles. The Morgan fingerprint density at radius 3 is 2.54 bits per heavy atom. The van der Waals surface area contributed by atoms with Crippen LogP contribution >= 0.6 is 0 Å². The van der Waals surface area contributed by atoms with Crippen molar-refractivity contribution in [2.75, 3.05) is 27.2 Å². The molecule has 146 valence electrons. The van der Waals surface area contributed by atoms with Crippen LogP contribution in [0, 0.1) is 0 Å². The van der Waals surface area contributed by atoms with Gasteiger partial charge in [-0.2, -0.15) is 5.10 Å². The maximum absolute atomic E-state index is 12.9. The monoisotopic (exact) mass is 377 g/mol. The maximum Gasteiger partial charge on any atom is 0.223 e. The lowest BCUT2D eigenvalue weighted by molar-refractivity contribution is -0.132. The fourth-order valence-corrected chi connectivity index (χ4v) is 2.95. The third-order valence-electron chi connectivity index (χ3n) is 4.55. The molecule has 0 fully saturated rings. The standard InChI is InChI=1S/C22H27N5O/c1-25(2)13-14-26(17-19-7-6-12-23-15-19)22(28)11-10-20-16-24-27(18-20)21-8-4-3-5-9-21/h3-9,12,15-16,18H,10-11,13-14,17H2,1-2H3. The summed E-state index contributed by atoms with van der Waals surface area (Å²) in [6, 6.07) is 13.9. The van der Waals surface area contributed by atoms with E-state index in [0.717, 1.165) is 23.4 Å². The number of hydrogen-bond donors (Lipinski definition) is 0. The summed E-state index contributed by atoms with van der Waals surface area (Å²) in [6.07, 6.45) is 8.55. The molecule has 0 radical (unpaired) electrons. The normalized spacial score (nSPS) is 11.0. The molecule has 3 aromatic rings. The number of hydrogen-bond acceptors (Lipinski definition) is 4. The van der Waals surface area contributed by atoms with Crippen molar-refractivity contribution >= 4 is 5.91 Å². The van der Waals surface area contributed by atoms with Crippen molar-refractivity contribution in [3.63, 3.8) is 0 Å². The van der Waals surface area contributed by atoms with Gasteiger partial charge in [-0.1, -0.05) is 24.3 Å². The highest BCUT2D eigenvalue weighted by Gasteiger charge is 2.15. The van der Waals surface area contributed by atoms with Crippen LogP contribution < -0.4 is 0 Å². The molecule has 28 heavy (non-hydrogen) atoms. The first kappa shape index (κ1) is 19.8. The van der Waals surface area contributed by atoms with E-state index in [1.54, 1.807) is 6.20 Å². The fraction of sp³-hybridized carbons (Fsp3) is 0.318. The van der Waals surface area contributed by atoms with Crippen LogP contribution in [-0.4, -0.2) is 57.7 Å². The highest BCUT2D eigenvalue weighted by atomic mass is 16.2. The van der Waals surface area contributed by atoms with E-state index in [1.165, 1.54) is 0 Å². The first-order valence-electron chi connectivity index (χ1n) is 9.52. The third-order valence-corrected chi connectivity index (χ3v) is 4.55. The van der Waals surface area contributed by atoms with E-state index in [0.29, 0.717) is 25.9 Å². The van der Waals surface area contributed by atoms with E-state index in [4.69, 9.17) is 0 Å². The number of aryl methyl sites for hydroxylation is 1. The number of nitrogens with zero attached hydrogens (tertiary/aromatic N) is 5. The predicted octanol–water partition coefficient (Wildman–Crippen LogP) is 2.79. The largest absolute Gasteiger partial charge is 0.337 e. The Morgan fingerprint density at radius 1 is 1.00 bits per heavy atom. The number of likely N-dealkylation sites (N-methyl/N-ethyl adjacent to an activating group) is 1. The third kappa shape index (κ3) is 5.76. The number of para-hydroxylation sites is 1. The fourth-order valence-electron chi connectivity index (χ4n) is 2.95. The molecular weight excluding hydrogens is 350 g/mol. The van der Waals surface area contributed by atoms with Crippen LogP contribution in [0.2, 0.25) is 0 Å². The van der Waals surface area contributed by atoms with Gasteiger partial charge in [0.25, 0.3) is 0 Å². The molecule has 0 spiro atoms. The van der Waals surface area contributed by atoms with Crippen LogP contribution in [0.3, 0.4) is 0 Å². The molecule has 6 nitrogen and oxygen atoms in total. The molecule has 2 heterocycles. The van der Waals surface area contributed by atoms with Crippen molar-refractivity contribution in [1.82, 2.24) is 24.6 Å². The minimum atomic E-state index is 0.151. The lowest BCUT2D eigenvalue weighted by Crippen LogP contribution is -2.36. The summed E-state index contributed by atoms with van der Waals surface area (Å²) < 4.78 is 1.85. The molecule has 1 amide bonds. The molecular formula is C22H27N5O. The number of rotatable bonds is 9. The molecule has 0 aliphatic rings. The van der Waals surface area contributed by atoms with E-state index in [-0.39, 0.29) is 5.91 Å². The lowest BCUT2D eigenvalue weighted by Gasteiger charge is -2.24. The second-order valence-corrected chi connectivity index (χ2v) is 7.11. The Balaban J connectivity index is 1.60. The number of aromatic nitrogens is 3. The second kappa shape index (κ2) is 9.80. The van der Waals surface area contributed by atoms with E-state index in [1.807, 2.05) is 84.7 Å². The van der Waals surface area contributed by atoms with Gasteiger partial charge < -0.3 is 9.80 Å². The molecule has 0 atom stereocenters. The number of carbonyl (C=O) groups is 1. The van der Waals surface area contributed by atoms with Gasteiger partial charge in [-0.25, -0.2) is 4.68 Å². The van der Waals surface area contributed by atoms with Gasteiger partial charge >= 0.3 is 0 Å². The van der Waals surface area contributed by atoms with Crippen LogP contribution in [-0.2, 0) is 17.8 Å². The Bertz CT molecular complexity index is 861. The highest BCUT2D eigenvalue weighted by Crippen LogP contribution is 2.11. The molecule has 0 aliphatic heterocycles. The molecule has 2 aromatic heterocycles. The summed E-state index contributed by atoms with van der Waals surface area (Å²) >= 11 is 0. The minimum absolute atomic E-state index is 0.151. The van der Waals surface area contributed by atoms with Crippen LogP contribution in [0.4, 0.5) is 0 Å². The zero-order chi connectivity index (χ0) is 19.8. The Morgan fingerprint density at radius 2 is 1.82 bits per heavy atom. The maximum atomic E-state index is 12.9. The molecule has 0 aliphatic carbocycles. The molecule has 3 rings (SSSR count). The Hall–Kier alpha value is -2.99. The van der Waals surface area contributed by atoms with Crippen molar-refractivity contribution < 1.29 is 4.79 Å². The molecule has 0 bridgehead atoms. The number of pyridine rings is 1. The van der Waals surface area contributed by atoms with Gasteiger partial charge in [0.1, 0.15) is 0 Å². The highest BCUT2D eigenvalue weighted by molar-refractivity contribution is 5.76. The Kier molecular flexibility index (Phi) is 6.92. The summed E-state index contributed by atoms with van der Waals surface area (Å²) in [5.74, 6) is 0.151. The van der Waals surface area contributed by atoms with Gasteiger partial charge in [0, 0.05) is 44.6 Å². The van der Waals surface area contributed by atoms with E-state index in [9.17, 15) is 4.79 Å². The SMILES string of the molecule is CN(C)CCN(Cc1cccnc1)C(=O)CCc1cnn(-c2ccccc2)c1. The summed E-state index contributed by atoms with van der Waals surface area (Å²) in [4.78, 5) is 21.0. The van der Waals surface area contributed by atoms with Crippen molar-refractivity contribution in [1.29, 1.82) is 0 Å². The van der Waals surface area contributed by atoms with E-state index >= 15 is 0 Å². The van der Waals surface area contributed by atoms with Crippen molar-refractivity contribution in [2.24, 2.45) is 0 Å². The second-order valence-electron chi connectivity index (χ2n) is 7.11. The average Bonchev–Trinajstić information content (AvgIpc) is 3.20. The Labute approximate surface area is 166 Å². The first-order chi connectivity index (χ1) is 13.6. The number of benzene rings is 1. The molecule has 1 aromatic carbocycles. The smallest absolute Gasteiger partial charge is 0.223 e. The van der Waals surface area contributed by atoms with E-state index in [2.05, 4.69) is 15.0 Å². The average molecular weight is 377 g/mol. The quantitative estimate of drug-likeness (QED) is 0.575. The van der Waals surface area contributed by atoms with Gasteiger partial charge in [0.05, 0.1) is 11.9 Å². The zero-order valence-electron chi connectivity index (χ0n) is 16.5. The van der Waals surface area contributed by atoms with Gasteiger partial charge in [-0.15, -0.1) is 0 Å².